The van der Waals surface area contributed by atoms with Crippen LogP contribution in [-0.4, -0.2) is 52.4 Å². The molecule has 2 amide bonds. The third-order valence-corrected chi connectivity index (χ3v) is 1.71. The molecular formula is C11H8NNaO4. The molecule has 0 aliphatic carbocycles. The number of carboxylic acids is 1. The van der Waals surface area contributed by atoms with E-state index in [1.165, 1.54) is 18.2 Å². The molecule has 0 aliphatic heterocycles. The Morgan fingerprint density at radius 1 is 1.29 bits per heavy atom. The monoisotopic (exact) mass is 241 g/mol. The van der Waals surface area contributed by atoms with Gasteiger partial charge in [-0.05, 0) is 18.2 Å². The first-order valence-electron chi connectivity index (χ1n) is 4.20. The molecule has 0 bridgehead atoms. The second-order valence-electron chi connectivity index (χ2n) is 2.81. The number of carboxylic acid groups (broad SMARTS) is 1. The molecule has 2 N–H and O–H groups in total. The zero-order chi connectivity index (χ0) is 12.1. The van der Waals surface area contributed by atoms with Gasteiger partial charge in [0.15, 0.2) is 0 Å². The van der Waals surface area contributed by atoms with Crippen molar-refractivity contribution in [3.8, 4) is 12.3 Å². The summed E-state index contributed by atoms with van der Waals surface area (Å²) in [5.74, 6) is -1.58. The second-order valence-corrected chi connectivity index (χ2v) is 2.81. The third-order valence-electron chi connectivity index (χ3n) is 1.71. The Morgan fingerprint density at radius 2 is 1.94 bits per heavy atom. The molecule has 0 radical (unpaired) electrons. The molecule has 1 rings (SSSR count). The molecule has 82 valence electrons. The van der Waals surface area contributed by atoms with Crippen molar-refractivity contribution in [2.24, 2.45) is 0 Å². The molecule has 1 aromatic rings. The van der Waals surface area contributed by atoms with E-state index >= 15 is 0 Å². The van der Waals surface area contributed by atoms with Gasteiger partial charge in [-0.15, -0.1) is 6.42 Å². The number of rotatable bonds is 1. The van der Waals surface area contributed by atoms with E-state index in [2.05, 4.69) is 5.92 Å². The summed E-state index contributed by atoms with van der Waals surface area (Å²) in [7, 11) is 0. The molecule has 0 fully saturated rings. The van der Waals surface area contributed by atoms with Gasteiger partial charge in [-0.3, -0.25) is 14.9 Å². The molecule has 0 spiro atoms. The Bertz CT molecular complexity index is 504. The van der Waals surface area contributed by atoms with Crippen LogP contribution >= 0.6 is 0 Å². The predicted molar refractivity (Wildman–Crippen MR) is 61.6 cm³/mol. The van der Waals surface area contributed by atoms with Gasteiger partial charge in [-0.1, -0.05) is 12.0 Å². The van der Waals surface area contributed by atoms with Gasteiger partial charge in [-0.2, -0.15) is 0 Å². The van der Waals surface area contributed by atoms with E-state index in [9.17, 15) is 14.4 Å². The number of hydrogen-bond donors (Lipinski definition) is 2. The zero-order valence-electron chi connectivity index (χ0n) is 8.06. The van der Waals surface area contributed by atoms with Crippen molar-refractivity contribution >= 4 is 47.3 Å². The predicted octanol–water partition coefficient (Wildman–Crippen LogP) is -0.640. The normalized spacial score (nSPS) is 8.41. The first kappa shape index (κ1) is 15.4. The summed E-state index contributed by atoms with van der Waals surface area (Å²) in [5, 5.41) is 9.98. The first-order chi connectivity index (χ1) is 7.54. The fraction of sp³-hybridized carbons (Fsp3) is 0. The Balaban J connectivity index is 0.00000256. The van der Waals surface area contributed by atoms with Crippen molar-refractivity contribution in [3.63, 3.8) is 0 Å². The quantitative estimate of drug-likeness (QED) is 0.389. The van der Waals surface area contributed by atoms with E-state index in [0.717, 1.165) is 0 Å². The SMILES string of the molecule is C#Cc1cccc(C(=O)NC(=O)C(=O)O)c1.[NaH]. The van der Waals surface area contributed by atoms with Crippen LogP contribution in [0, 0.1) is 12.3 Å². The Hall–Kier alpha value is -1.61. The molecule has 0 saturated heterocycles. The summed E-state index contributed by atoms with van der Waals surface area (Å²) in [6.07, 6.45) is 5.13. The molecular weight excluding hydrogens is 233 g/mol. The maximum atomic E-state index is 11.4. The van der Waals surface area contributed by atoms with E-state index in [-0.39, 0.29) is 35.1 Å². The molecule has 0 heterocycles. The molecule has 0 saturated carbocycles. The first-order valence-corrected chi connectivity index (χ1v) is 4.20. The number of amides is 2. The fourth-order valence-corrected chi connectivity index (χ4v) is 0.979. The van der Waals surface area contributed by atoms with E-state index in [4.69, 9.17) is 11.5 Å². The molecule has 0 unspecified atom stereocenters. The van der Waals surface area contributed by atoms with E-state index in [1.807, 2.05) is 0 Å². The maximum absolute atomic E-state index is 11.4. The second kappa shape index (κ2) is 6.86. The van der Waals surface area contributed by atoms with Gasteiger partial charge in [0.1, 0.15) is 0 Å². The summed E-state index contributed by atoms with van der Waals surface area (Å²) in [4.78, 5) is 32.3. The molecule has 0 aromatic heterocycles. The average molecular weight is 241 g/mol. The molecule has 6 heteroatoms. The van der Waals surface area contributed by atoms with Gasteiger partial charge in [0, 0.05) is 11.1 Å². The molecule has 5 nitrogen and oxygen atoms in total. The van der Waals surface area contributed by atoms with Crippen molar-refractivity contribution in [1.29, 1.82) is 0 Å². The molecule has 0 atom stereocenters. The number of terminal acetylenes is 1. The number of benzene rings is 1. The van der Waals surface area contributed by atoms with Gasteiger partial charge >= 0.3 is 41.4 Å². The standard InChI is InChI=1S/C11H7NO4.Na.H/c1-2-7-4-3-5-8(6-7)9(13)12-10(14)11(15)16;;/h1,3-6H,(H,15,16)(H,12,13,14);;. The van der Waals surface area contributed by atoms with Crippen molar-refractivity contribution in [3.05, 3.63) is 35.4 Å². The fourth-order valence-electron chi connectivity index (χ4n) is 0.979. The number of carbonyl (C=O) groups excluding carboxylic acids is 2. The van der Waals surface area contributed by atoms with Crippen LogP contribution in [0.1, 0.15) is 15.9 Å². The van der Waals surface area contributed by atoms with Crippen LogP contribution in [0.4, 0.5) is 0 Å². The third kappa shape index (κ3) is 4.41. The van der Waals surface area contributed by atoms with Crippen molar-refractivity contribution in [2.75, 3.05) is 0 Å². The van der Waals surface area contributed by atoms with Crippen molar-refractivity contribution in [2.45, 2.75) is 0 Å². The van der Waals surface area contributed by atoms with E-state index < -0.39 is 17.8 Å². The molecule has 17 heavy (non-hydrogen) atoms. The van der Waals surface area contributed by atoms with Crippen LogP contribution in [0.3, 0.4) is 0 Å². The summed E-state index contributed by atoms with van der Waals surface area (Å²) >= 11 is 0. The Labute approximate surface area is 119 Å². The summed E-state index contributed by atoms with van der Waals surface area (Å²) < 4.78 is 0. The van der Waals surface area contributed by atoms with Crippen LogP contribution in [0.2, 0.25) is 0 Å². The minimum atomic E-state index is -1.72. The van der Waals surface area contributed by atoms with E-state index in [0.29, 0.717) is 5.56 Å². The van der Waals surface area contributed by atoms with Crippen LogP contribution in [0.25, 0.3) is 0 Å². The minimum absolute atomic E-state index is 0. The van der Waals surface area contributed by atoms with Crippen LogP contribution in [0.15, 0.2) is 24.3 Å². The van der Waals surface area contributed by atoms with Crippen LogP contribution in [-0.2, 0) is 9.59 Å². The van der Waals surface area contributed by atoms with Gasteiger partial charge in [0.25, 0.3) is 5.91 Å². The van der Waals surface area contributed by atoms with Gasteiger partial charge in [-0.25, -0.2) is 4.79 Å². The van der Waals surface area contributed by atoms with E-state index in [1.54, 1.807) is 11.4 Å². The number of hydrogen-bond acceptors (Lipinski definition) is 3. The van der Waals surface area contributed by atoms with Crippen LogP contribution in [0.5, 0.6) is 0 Å². The Morgan fingerprint density at radius 3 is 2.47 bits per heavy atom. The van der Waals surface area contributed by atoms with Gasteiger partial charge in [0.05, 0.1) is 0 Å². The number of carbonyl (C=O) groups is 3. The summed E-state index contributed by atoms with van der Waals surface area (Å²) in [6, 6.07) is 5.95. The van der Waals surface area contributed by atoms with Crippen molar-refractivity contribution in [1.82, 2.24) is 5.32 Å². The van der Waals surface area contributed by atoms with Crippen LogP contribution < -0.4 is 5.32 Å². The topological polar surface area (TPSA) is 83.5 Å². The van der Waals surface area contributed by atoms with Gasteiger partial charge < -0.3 is 5.11 Å². The average Bonchev–Trinajstić information content (AvgIpc) is 2.28. The summed E-state index contributed by atoms with van der Waals surface area (Å²) in [6.45, 7) is 0. The summed E-state index contributed by atoms with van der Waals surface area (Å²) in [5.41, 5.74) is 0.598. The Kier molecular flexibility index (Phi) is 6.21. The zero-order valence-corrected chi connectivity index (χ0v) is 8.06. The number of imide groups is 1. The van der Waals surface area contributed by atoms with Gasteiger partial charge in [0.2, 0.25) is 0 Å². The molecule has 0 aliphatic rings. The molecule has 1 aromatic carbocycles. The van der Waals surface area contributed by atoms with Crippen molar-refractivity contribution < 1.29 is 19.5 Å². The number of aliphatic carboxylic acids is 1. The number of nitrogens with one attached hydrogen (secondary N) is 1.